The van der Waals surface area contributed by atoms with E-state index in [0.29, 0.717) is 23.3 Å². The third-order valence-corrected chi connectivity index (χ3v) is 4.30. The minimum Gasteiger partial charge on any atom is -0.454 e. The molecule has 0 spiro atoms. The molecule has 7 nitrogen and oxygen atoms in total. The first-order valence-corrected chi connectivity index (χ1v) is 8.97. The Hall–Kier alpha value is -4.05. The Morgan fingerprint density at radius 2 is 1.90 bits per heavy atom. The lowest BCUT2D eigenvalue weighted by molar-refractivity contribution is 0.174. The molecule has 29 heavy (non-hydrogen) atoms. The molecule has 1 N–H and O–H groups in total. The van der Waals surface area contributed by atoms with Crippen molar-refractivity contribution in [3.63, 3.8) is 0 Å². The van der Waals surface area contributed by atoms with Crippen LogP contribution in [0.5, 0.6) is 23.1 Å². The van der Waals surface area contributed by atoms with E-state index in [1.807, 2.05) is 50.2 Å². The number of nitriles is 1. The number of ether oxygens (including phenoxy) is 3. The number of benzene rings is 2. The number of hydrogen-bond acceptors (Lipinski definition) is 7. The highest BCUT2D eigenvalue weighted by Gasteiger charge is 2.14. The summed E-state index contributed by atoms with van der Waals surface area (Å²) in [6, 6.07) is 13.2. The maximum absolute atomic E-state index is 8.70. The van der Waals surface area contributed by atoms with Crippen molar-refractivity contribution in [2.75, 3.05) is 12.1 Å². The van der Waals surface area contributed by atoms with Crippen LogP contribution in [-0.2, 0) is 0 Å². The van der Waals surface area contributed by atoms with Crippen molar-refractivity contribution in [1.29, 1.82) is 5.26 Å². The molecule has 2 aromatic carbocycles. The smallest absolute Gasteiger partial charge is 0.231 e. The van der Waals surface area contributed by atoms with Gasteiger partial charge < -0.3 is 19.5 Å². The second-order valence-corrected chi connectivity index (χ2v) is 6.46. The molecular weight excluding hydrogens is 368 g/mol. The minimum atomic E-state index is 0.225. The largest absolute Gasteiger partial charge is 0.454 e. The van der Waals surface area contributed by atoms with Crippen molar-refractivity contribution in [2.45, 2.75) is 13.8 Å². The Bertz CT molecular complexity index is 1110. The average Bonchev–Trinajstić information content (AvgIpc) is 3.17. The molecule has 144 valence electrons. The fourth-order valence-corrected chi connectivity index (χ4v) is 3.04. The zero-order chi connectivity index (χ0) is 20.2. The number of anilines is 2. The van der Waals surface area contributed by atoms with Gasteiger partial charge >= 0.3 is 0 Å². The zero-order valence-electron chi connectivity index (χ0n) is 16.0. The molecule has 0 aliphatic carbocycles. The predicted octanol–water partition coefficient (Wildman–Crippen LogP) is 4.89. The Kier molecular flexibility index (Phi) is 4.99. The molecule has 0 radical (unpaired) electrons. The average molecular weight is 386 g/mol. The molecule has 0 saturated carbocycles. The number of allylic oxidation sites excluding steroid dienone is 1. The van der Waals surface area contributed by atoms with Crippen LogP contribution in [0, 0.1) is 25.2 Å². The van der Waals surface area contributed by atoms with Gasteiger partial charge in [0, 0.05) is 30.1 Å². The molecule has 0 atom stereocenters. The summed E-state index contributed by atoms with van der Waals surface area (Å²) in [5.41, 5.74) is 3.63. The topological polar surface area (TPSA) is 89.3 Å². The summed E-state index contributed by atoms with van der Waals surface area (Å²) in [7, 11) is 0. The van der Waals surface area contributed by atoms with Gasteiger partial charge in [-0.05, 0) is 60.9 Å². The highest BCUT2D eigenvalue weighted by molar-refractivity contribution is 5.61. The van der Waals surface area contributed by atoms with E-state index in [1.165, 1.54) is 6.08 Å². The first-order chi connectivity index (χ1) is 14.1. The maximum atomic E-state index is 8.70. The van der Waals surface area contributed by atoms with E-state index in [9.17, 15) is 0 Å². The van der Waals surface area contributed by atoms with E-state index in [0.717, 1.165) is 28.1 Å². The van der Waals surface area contributed by atoms with Crippen LogP contribution in [0.25, 0.3) is 6.08 Å². The van der Waals surface area contributed by atoms with E-state index < -0.39 is 0 Å². The molecule has 1 aromatic heterocycles. The van der Waals surface area contributed by atoms with Crippen molar-refractivity contribution in [1.82, 2.24) is 9.97 Å². The zero-order valence-corrected chi connectivity index (χ0v) is 16.0. The second kappa shape index (κ2) is 7.90. The highest BCUT2D eigenvalue weighted by atomic mass is 16.7. The van der Waals surface area contributed by atoms with Gasteiger partial charge in [0.2, 0.25) is 18.6 Å². The Morgan fingerprint density at radius 3 is 2.69 bits per heavy atom. The minimum absolute atomic E-state index is 0.225. The van der Waals surface area contributed by atoms with Gasteiger partial charge in [0.05, 0.1) is 6.07 Å². The van der Waals surface area contributed by atoms with Crippen LogP contribution >= 0.6 is 0 Å². The number of rotatable bonds is 5. The lowest BCUT2D eigenvalue weighted by Crippen LogP contribution is -1.99. The summed E-state index contributed by atoms with van der Waals surface area (Å²) in [5, 5.41) is 11.8. The fourth-order valence-electron chi connectivity index (χ4n) is 3.04. The van der Waals surface area contributed by atoms with Crippen LogP contribution in [-0.4, -0.2) is 16.8 Å². The van der Waals surface area contributed by atoms with E-state index in [1.54, 1.807) is 18.3 Å². The monoisotopic (exact) mass is 386 g/mol. The Balaban J connectivity index is 1.54. The predicted molar refractivity (Wildman–Crippen MR) is 109 cm³/mol. The lowest BCUT2D eigenvalue weighted by Gasteiger charge is -2.13. The molecule has 0 amide bonds. The molecule has 1 aliphatic heterocycles. The van der Waals surface area contributed by atoms with Gasteiger partial charge in [0.25, 0.3) is 0 Å². The Labute approximate surface area is 168 Å². The number of aryl methyl sites for hydroxylation is 2. The SMILES string of the molecule is Cc1cc(/C=C/C#N)cc(C)c1Oc1ccnc(Nc2ccc3c(c2)OCO3)n1. The molecule has 1 aliphatic rings. The summed E-state index contributed by atoms with van der Waals surface area (Å²) < 4.78 is 16.7. The summed E-state index contributed by atoms with van der Waals surface area (Å²) in [6.45, 7) is 4.14. The highest BCUT2D eigenvalue weighted by Crippen LogP contribution is 2.35. The summed E-state index contributed by atoms with van der Waals surface area (Å²) >= 11 is 0. The van der Waals surface area contributed by atoms with E-state index in [2.05, 4.69) is 15.3 Å². The van der Waals surface area contributed by atoms with Crippen molar-refractivity contribution in [3.05, 3.63) is 65.4 Å². The van der Waals surface area contributed by atoms with Gasteiger partial charge in [-0.3, -0.25) is 0 Å². The molecule has 0 fully saturated rings. The van der Waals surface area contributed by atoms with Crippen molar-refractivity contribution < 1.29 is 14.2 Å². The third-order valence-electron chi connectivity index (χ3n) is 4.30. The first kappa shape index (κ1) is 18.3. The van der Waals surface area contributed by atoms with Crippen LogP contribution in [0.1, 0.15) is 16.7 Å². The number of aromatic nitrogens is 2. The normalized spacial score (nSPS) is 12.0. The standard InChI is InChI=1S/C22H18N4O3/c1-14-10-16(4-3-8-23)11-15(2)21(14)29-20-7-9-24-22(26-20)25-17-5-6-18-19(12-17)28-13-27-18/h3-7,9-12H,13H2,1-2H3,(H,24,25,26)/b4-3+. The van der Waals surface area contributed by atoms with Crippen LogP contribution in [0.3, 0.4) is 0 Å². The van der Waals surface area contributed by atoms with Crippen LogP contribution < -0.4 is 19.5 Å². The molecule has 2 heterocycles. The molecule has 3 aromatic rings. The van der Waals surface area contributed by atoms with Gasteiger partial charge in [0.15, 0.2) is 11.5 Å². The molecule has 4 rings (SSSR count). The second-order valence-electron chi connectivity index (χ2n) is 6.46. The van der Waals surface area contributed by atoms with Crippen LogP contribution in [0.15, 0.2) is 48.7 Å². The van der Waals surface area contributed by atoms with Gasteiger partial charge in [-0.15, -0.1) is 0 Å². The maximum Gasteiger partial charge on any atom is 0.231 e. The molecule has 0 bridgehead atoms. The Morgan fingerprint density at radius 1 is 1.10 bits per heavy atom. The van der Waals surface area contributed by atoms with Gasteiger partial charge in [0.1, 0.15) is 5.75 Å². The molecule has 7 heteroatoms. The molecule has 0 unspecified atom stereocenters. The van der Waals surface area contributed by atoms with Crippen molar-refractivity contribution in [3.8, 4) is 29.2 Å². The molecule has 0 saturated heterocycles. The van der Waals surface area contributed by atoms with Crippen molar-refractivity contribution >= 4 is 17.7 Å². The summed E-state index contributed by atoms with van der Waals surface area (Å²) in [6.07, 6.45) is 4.85. The van der Waals surface area contributed by atoms with Crippen LogP contribution in [0.2, 0.25) is 0 Å². The third kappa shape index (κ3) is 4.12. The first-order valence-electron chi connectivity index (χ1n) is 8.97. The number of hydrogen-bond donors (Lipinski definition) is 1. The van der Waals surface area contributed by atoms with E-state index in [-0.39, 0.29) is 6.79 Å². The van der Waals surface area contributed by atoms with Gasteiger partial charge in [-0.1, -0.05) is 0 Å². The number of fused-ring (bicyclic) bond motifs is 1. The summed E-state index contributed by atoms with van der Waals surface area (Å²) in [5.74, 6) is 2.96. The van der Waals surface area contributed by atoms with Crippen molar-refractivity contribution in [2.24, 2.45) is 0 Å². The number of nitrogens with one attached hydrogen (secondary N) is 1. The summed E-state index contributed by atoms with van der Waals surface area (Å²) in [4.78, 5) is 8.69. The fraction of sp³-hybridized carbons (Fsp3) is 0.136. The number of nitrogens with zero attached hydrogens (tertiary/aromatic N) is 3. The van der Waals surface area contributed by atoms with E-state index in [4.69, 9.17) is 19.5 Å². The van der Waals surface area contributed by atoms with Crippen LogP contribution in [0.4, 0.5) is 11.6 Å². The van der Waals surface area contributed by atoms with Gasteiger partial charge in [-0.25, -0.2) is 4.98 Å². The molecular formula is C22H18N4O3. The lowest BCUT2D eigenvalue weighted by atomic mass is 10.1. The van der Waals surface area contributed by atoms with Gasteiger partial charge in [-0.2, -0.15) is 10.2 Å². The quantitative estimate of drug-likeness (QED) is 0.624. The van der Waals surface area contributed by atoms with E-state index >= 15 is 0 Å².